The fourth-order valence-electron chi connectivity index (χ4n) is 1.13. The Labute approximate surface area is 85.0 Å². The van der Waals surface area contributed by atoms with Gasteiger partial charge in [0, 0.05) is 7.11 Å². The van der Waals surface area contributed by atoms with Crippen LogP contribution in [0.2, 0.25) is 0 Å². The van der Waals surface area contributed by atoms with Crippen molar-refractivity contribution in [3.63, 3.8) is 0 Å². The lowest BCUT2D eigenvalue weighted by atomic mass is 10.3. The van der Waals surface area contributed by atoms with E-state index in [1.165, 1.54) is 0 Å². The predicted molar refractivity (Wildman–Crippen MR) is 56.7 cm³/mol. The molecular formula is C11H17NO2. The molecule has 1 N–H and O–H groups in total. The number of likely N-dealkylation sites (N-methyl/N-ethyl adjacent to an activating group) is 1. The Kier molecular flexibility index (Phi) is 5.04. The number of para-hydroxylation sites is 1. The second-order valence-electron chi connectivity index (χ2n) is 3.06. The van der Waals surface area contributed by atoms with E-state index in [1.54, 1.807) is 7.11 Å². The molecule has 0 amide bonds. The minimum absolute atomic E-state index is 0.236. The highest BCUT2D eigenvalue weighted by Gasteiger charge is 2.05. The van der Waals surface area contributed by atoms with E-state index in [1.807, 2.05) is 37.4 Å². The van der Waals surface area contributed by atoms with Crippen LogP contribution in [0.1, 0.15) is 0 Å². The Morgan fingerprint density at radius 3 is 2.50 bits per heavy atom. The van der Waals surface area contributed by atoms with Crippen LogP contribution in [0.5, 0.6) is 5.75 Å². The lowest BCUT2D eigenvalue weighted by Crippen LogP contribution is -2.35. The summed E-state index contributed by atoms with van der Waals surface area (Å²) in [5.41, 5.74) is 0. The molecule has 1 unspecified atom stereocenters. The summed E-state index contributed by atoms with van der Waals surface area (Å²) in [6, 6.07) is 10.0. The van der Waals surface area contributed by atoms with Gasteiger partial charge in [0.05, 0.1) is 12.6 Å². The van der Waals surface area contributed by atoms with Crippen molar-refractivity contribution in [1.82, 2.24) is 5.32 Å². The van der Waals surface area contributed by atoms with Crippen molar-refractivity contribution in [1.29, 1.82) is 0 Å². The molecule has 1 atom stereocenters. The fraction of sp³-hybridized carbons (Fsp3) is 0.455. The van der Waals surface area contributed by atoms with E-state index in [4.69, 9.17) is 9.47 Å². The normalized spacial score (nSPS) is 12.4. The number of hydrogen-bond donors (Lipinski definition) is 1. The first-order valence-electron chi connectivity index (χ1n) is 4.71. The summed E-state index contributed by atoms with van der Waals surface area (Å²) in [5, 5.41) is 3.12. The topological polar surface area (TPSA) is 30.5 Å². The molecule has 0 aromatic heterocycles. The average molecular weight is 195 g/mol. The Bertz CT molecular complexity index is 238. The molecule has 0 fully saturated rings. The first-order chi connectivity index (χ1) is 6.86. The van der Waals surface area contributed by atoms with Crippen LogP contribution in [-0.4, -0.2) is 33.4 Å². The minimum Gasteiger partial charge on any atom is -0.492 e. The van der Waals surface area contributed by atoms with Crippen LogP contribution in [-0.2, 0) is 4.74 Å². The molecule has 78 valence electrons. The van der Waals surface area contributed by atoms with Crippen molar-refractivity contribution < 1.29 is 9.47 Å². The van der Waals surface area contributed by atoms with Crippen LogP contribution in [0.25, 0.3) is 0 Å². The maximum Gasteiger partial charge on any atom is 0.119 e. The zero-order chi connectivity index (χ0) is 10.2. The molecular weight excluding hydrogens is 178 g/mol. The van der Waals surface area contributed by atoms with Gasteiger partial charge < -0.3 is 14.8 Å². The summed E-state index contributed by atoms with van der Waals surface area (Å²) in [5.74, 6) is 0.892. The van der Waals surface area contributed by atoms with Gasteiger partial charge in [-0.25, -0.2) is 0 Å². The zero-order valence-electron chi connectivity index (χ0n) is 8.69. The maximum absolute atomic E-state index is 5.57. The van der Waals surface area contributed by atoms with Gasteiger partial charge in [-0.05, 0) is 19.2 Å². The molecule has 1 rings (SSSR count). The molecule has 0 bridgehead atoms. The third-order valence-corrected chi connectivity index (χ3v) is 1.97. The smallest absolute Gasteiger partial charge is 0.119 e. The predicted octanol–water partition coefficient (Wildman–Crippen LogP) is 1.30. The molecule has 1 aromatic rings. The van der Waals surface area contributed by atoms with Crippen molar-refractivity contribution >= 4 is 0 Å². The van der Waals surface area contributed by atoms with Gasteiger partial charge in [-0.1, -0.05) is 18.2 Å². The van der Waals surface area contributed by atoms with Gasteiger partial charge in [0.15, 0.2) is 0 Å². The summed E-state index contributed by atoms with van der Waals surface area (Å²) in [6.07, 6.45) is 0. The molecule has 0 aliphatic heterocycles. The first-order valence-corrected chi connectivity index (χ1v) is 4.71. The average Bonchev–Trinajstić information content (AvgIpc) is 2.25. The standard InChI is InChI=1S/C11H17NO2/c1-12-10(8-13-2)9-14-11-6-4-3-5-7-11/h3-7,10,12H,8-9H2,1-2H3. The van der Waals surface area contributed by atoms with E-state index in [-0.39, 0.29) is 6.04 Å². The molecule has 14 heavy (non-hydrogen) atoms. The Hall–Kier alpha value is -1.06. The second-order valence-corrected chi connectivity index (χ2v) is 3.06. The molecule has 0 radical (unpaired) electrons. The number of hydrogen-bond acceptors (Lipinski definition) is 3. The number of nitrogens with one attached hydrogen (secondary N) is 1. The highest BCUT2D eigenvalue weighted by Crippen LogP contribution is 2.08. The second kappa shape index (κ2) is 6.40. The number of benzene rings is 1. The maximum atomic E-state index is 5.57. The molecule has 0 spiro atoms. The highest BCUT2D eigenvalue weighted by molar-refractivity contribution is 5.20. The van der Waals surface area contributed by atoms with Gasteiger partial charge >= 0.3 is 0 Å². The summed E-state index contributed by atoms with van der Waals surface area (Å²) in [4.78, 5) is 0. The number of ether oxygens (including phenoxy) is 2. The Morgan fingerprint density at radius 1 is 1.21 bits per heavy atom. The molecule has 0 saturated carbocycles. The van der Waals surface area contributed by atoms with E-state index in [0.29, 0.717) is 13.2 Å². The van der Waals surface area contributed by atoms with Crippen molar-refractivity contribution in [2.24, 2.45) is 0 Å². The molecule has 1 aromatic carbocycles. The van der Waals surface area contributed by atoms with Crippen LogP contribution < -0.4 is 10.1 Å². The van der Waals surface area contributed by atoms with Crippen molar-refractivity contribution in [2.75, 3.05) is 27.4 Å². The fourth-order valence-corrected chi connectivity index (χ4v) is 1.13. The van der Waals surface area contributed by atoms with Crippen LogP contribution in [0.3, 0.4) is 0 Å². The molecule has 0 aliphatic rings. The molecule has 3 nitrogen and oxygen atoms in total. The molecule has 0 aliphatic carbocycles. The van der Waals surface area contributed by atoms with Crippen LogP contribution in [0, 0.1) is 0 Å². The Balaban J connectivity index is 2.32. The van der Waals surface area contributed by atoms with Crippen molar-refractivity contribution in [3.8, 4) is 5.75 Å². The number of methoxy groups -OCH3 is 1. The van der Waals surface area contributed by atoms with Gasteiger partial charge in [-0.3, -0.25) is 0 Å². The molecule has 0 heterocycles. The zero-order valence-corrected chi connectivity index (χ0v) is 8.69. The van der Waals surface area contributed by atoms with Crippen LogP contribution >= 0.6 is 0 Å². The molecule has 0 saturated heterocycles. The van der Waals surface area contributed by atoms with E-state index in [2.05, 4.69) is 5.32 Å². The van der Waals surface area contributed by atoms with E-state index >= 15 is 0 Å². The largest absolute Gasteiger partial charge is 0.492 e. The summed E-state index contributed by atoms with van der Waals surface area (Å²) < 4.78 is 10.6. The third kappa shape index (κ3) is 3.77. The Morgan fingerprint density at radius 2 is 1.93 bits per heavy atom. The van der Waals surface area contributed by atoms with E-state index < -0.39 is 0 Å². The van der Waals surface area contributed by atoms with Gasteiger partial charge in [0.25, 0.3) is 0 Å². The SMILES string of the molecule is CNC(COC)COc1ccccc1. The van der Waals surface area contributed by atoms with E-state index in [9.17, 15) is 0 Å². The van der Waals surface area contributed by atoms with Crippen LogP contribution in [0.15, 0.2) is 30.3 Å². The number of rotatable bonds is 6. The van der Waals surface area contributed by atoms with Gasteiger partial charge in [0.1, 0.15) is 12.4 Å². The van der Waals surface area contributed by atoms with E-state index in [0.717, 1.165) is 5.75 Å². The van der Waals surface area contributed by atoms with Crippen LogP contribution in [0.4, 0.5) is 0 Å². The molecule has 3 heteroatoms. The van der Waals surface area contributed by atoms with Crippen molar-refractivity contribution in [3.05, 3.63) is 30.3 Å². The van der Waals surface area contributed by atoms with Gasteiger partial charge in [-0.2, -0.15) is 0 Å². The first kappa shape index (κ1) is 11.0. The summed E-state index contributed by atoms with van der Waals surface area (Å²) in [6.45, 7) is 1.28. The van der Waals surface area contributed by atoms with Crippen molar-refractivity contribution in [2.45, 2.75) is 6.04 Å². The lowest BCUT2D eigenvalue weighted by Gasteiger charge is -2.15. The quantitative estimate of drug-likeness (QED) is 0.742. The highest BCUT2D eigenvalue weighted by atomic mass is 16.5. The van der Waals surface area contributed by atoms with Gasteiger partial charge in [0.2, 0.25) is 0 Å². The van der Waals surface area contributed by atoms with Gasteiger partial charge in [-0.15, -0.1) is 0 Å². The minimum atomic E-state index is 0.236. The third-order valence-electron chi connectivity index (χ3n) is 1.97. The monoisotopic (exact) mass is 195 g/mol. The summed E-state index contributed by atoms with van der Waals surface area (Å²) in [7, 11) is 3.59. The summed E-state index contributed by atoms with van der Waals surface area (Å²) >= 11 is 0. The lowest BCUT2D eigenvalue weighted by molar-refractivity contribution is 0.140.